The number of piperazine rings is 1. The molecule has 0 atom stereocenters. The van der Waals surface area contributed by atoms with E-state index in [0.717, 1.165) is 37.4 Å². The molecule has 1 saturated heterocycles. The Morgan fingerprint density at radius 3 is 2.32 bits per heavy atom. The number of amides is 1. The van der Waals surface area contributed by atoms with E-state index in [4.69, 9.17) is 4.74 Å². The Morgan fingerprint density at radius 2 is 1.74 bits per heavy atom. The van der Waals surface area contributed by atoms with Crippen LogP contribution in [0.4, 0.5) is 20.3 Å². The molecule has 0 bridgehead atoms. The van der Waals surface area contributed by atoms with Crippen LogP contribution in [0.2, 0.25) is 0 Å². The molecular weight excluding hydrogens is 442 g/mol. The highest BCUT2D eigenvalue weighted by Gasteiger charge is 2.18. The molecule has 1 amide bonds. The first-order valence-corrected chi connectivity index (χ1v) is 11.0. The van der Waals surface area contributed by atoms with E-state index >= 15 is 0 Å². The van der Waals surface area contributed by atoms with Crippen molar-refractivity contribution in [2.45, 2.75) is 26.5 Å². The number of anilines is 2. The van der Waals surface area contributed by atoms with Crippen LogP contribution in [0, 0.1) is 0 Å². The number of nitrogens with one attached hydrogen (secondary N) is 1. The van der Waals surface area contributed by atoms with Crippen LogP contribution in [-0.2, 0) is 17.9 Å². The predicted octanol–water partition coefficient (Wildman–Crippen LogP) is 3.67. The van der Waals surface area contributed by atoms with Crippen molar-refractivity contribution in [2.75, 3.05) is 36.4 Å². The first kappa shape index (κ1) is 23.3. The molecular formula is C24H26F2N6O2. The molecule has 0 saturated carbocycles. The van der Waals surface area contributed by atoms with Gasteiger partial charge in [-0.1, -0.05) is 18.2 Å². The minimum Gasteiger partial charge on any atom is -0.472 e. The average molecular weight is 469 g/mol. The van der Waals surface area contributed by atoms with Gasteiger partial charge in [0.1, 0.15) is 18.1 Å². The lowest BCUT2D eigenvalue weighted by Crippen LogP contribution is -2.48. The van der Waals surface area contributed by atoms with Gasteiger partial charge in [0.25, 0.3) is 6.43 Å². The predicted molar refractivity (Wildman–Crippen MR) is 124 cm³/mol. The lowest BCUT2D eigenvalue weighted by Gasteiger charge is -2.35. The van der Waals surface area contributed by atoms with E-state index in [-0.39, 0.29) is 18.2 Å². The summed E-state index contributed by atoms with van der Waals surface area (Å²) in [5, 5.41) is 11.4. The molecule has 1 aromatic carbocycles. The molecule has 3 heterocycles. The van der Waals surface area contributed by atoms with Crippen molar-refractivity contribution in [1.82, 2.24) is 20.1 Å². The Labute approximate surface area is 196 Å². The third-order valence-electron chi connectivity index (χ3n) is 5.60. The average Bonchev–Trinajstić information content (AvgIpc) is 2.87. The number of aromatic nitrogens is 3. The zero-order chi connectivity index (χ0) is 23.9. The molecule has 0 spiro atoms. The summed E-state index contributed by atoms with van der Waals surface area (Å²) in [6.45, 7) is 5.53. The number of carbonyl (C=O) groups excluding carboxylic acids is 1. The van der Waals surface area contributed by atoms with Crippen molar-refractivity contribution < 1.29 is 18.3 Å². The van der Waals surface area contributed by atoms with Gasteiger partial charge in [0, 0.05) is 63.2 Å². The smallest absolute Gasteiger partial charge is 0.280 e. The van der Waals surface area contributed by atoms with Gasteiger partial charge in [-0.15, -0.1) is 10.2 Å². The molecule has 0 aliphatic carbocycles. The van der Waals surface area contributed by atoms with Gasteiger partial charge in [-0.3, -0.25) is 9.78 Å². The van der Waals surface area contributed by atoms with Crippen molar-refractivity contribution in [3.8, 4) is 5.88 Å². The summed E-state index contributed by atoms with van der Waals surface area (Å²) in [4.78, 5) is 19.3. The fraction of sp³-hybridized carbons (Fsp3) is 0.333. The van der Waals surface area contributed by atoms with E-state index in [2.05, 4.69) is 49.7 Å². The minimum atomic E-state index is -2.59. The number of pyridine rings is 1. The molecule has 0 radical (unpaired) electrons. The van der Waals surface area contributed by atoms with Crippen molar-refractivity contribution in [3.63, 3.8) is 0 Å². The first-order chi connectivity index (χ1) is 16.5. The summed E-state index contributed by atoms with van der Waals surface area (Å²) < 4.78 is 30.7. The van der Waals surface area contributed by atoms with Crippen LogP contribution in [0.25, 0.3) is 0 Å². The number of hydrogen-bond donors (Lipinski definition) is 1. The van der Waals surface area contributed by atoms with Crippen molar-refractivity contribution in [2.24, 2.45) is 0 Å². The Hall–Kier alpha value is -3.82. The number of nitrogens with zero attached hydrogens (tertiary/aromatic N) is 5. The fourth-order valence-corrected chi connectivity index (χ4v) is 3.60. The molecule has 34 heavy (non-hydrogen) atoms. The molecule has 1 fully saturated rings. The molecule has 3 aromatic rings. The van der Waals surface area contributed by atoms with E-state index in [9.17, 15) is 13.6 Å². The zero-order valence-corrected chi connectivity index (χ0v) is 18.8. The van der Waals surface area contributed by atoms with Crippen molar-refractivity contribution in [3.05, 3.63) is 71.5 Å². The summed E-state index contributed by atoms with van der Waals surface area (Å²) in [6, 6.07) is 14.6. The molecule has 1 aliphatic rings. The van der Waals surface area contributed by atoms with Crippen molar-refractivity contribution in [1.29, 1.82) is 0 Å². The van der Waals surface area contributed by atoms with Crippen LogP contribution in [0.5, 0.6) is 5.88 Å². The van der Waals surface area contributed by atoms with Gasteiger partial charge >= 0.3 is 0 Å². The second-order valence-corrected chi connectivity index (χ2v) is 7.95. The molecule has 178 valence electrons. The highest BCUT2D eigenvalue weighted by atomic mass is 19.3. The van der Waals surface area contributed by atoms with Gasteiger partial charge < -0.3 is 19.9 Å². The Balaban J connectivity index is 1.23. The van der Waals surface area contributed by atoms with E-state index in [1.807, 2.05) is 4.90 Å². The highest BCUT2D eigenvalue weighted by molar-refractivity contribution is 5.73. The van der Waals surface area contributed by atoms with E-state index in [0.29, 0.717) is 23.8 Å². The maximum Gasteiger partial charge on any atom is 0.280 e. The fourth-order valence-electron chi connectivity index (χ4n) is 3.60. The molecule has 0 unspecified atom stereocenters. The molecule has 4 rings (SSSR count). The van der Waals surface area contributed by atoms with Crippen LogP contribution in [0.1, 0.15) is 30.2 Å². The van der Waals surface area contributed by atoms with Crippen molar-refractivity contribution >= 4 is 17.4 Å². The van der Waals surface area contributed by atoms with E-state index in [1.54, 1.807) is 25.1 Å². The summed E-state index contributed by atoms with van der Waals surface area (Å²) in [5.74, 6) is 1.07. The Kier molecular flexibility index (Phi) is 7.46. The summed E-state index contributed by atoms with van der Waals surface area (Å²) in [7, 11) is 0. The van der Waals surface area contributed by atoms with Gasteiger partial charge in [-0.2, -0.15) is 0 Å². The van der Waals surface area contributed by atoms with E-state index < -0.39 is 6.43 Å². The zero-order valence-electron chi connectivity index (χ0n) is 18.8. The third-order valence-corrected chi connectivity index (χ3v) is 5.60. The van der Waals surface area contributed by atoms with Crippen LogP contribution in [0.3, 0.4) is 0 Å². The normalized spacial score (nSPS) is 13.8. The number of rotatable bonds is 8. The minimum absolute atomic E-state index is 0.128. The number of benzene rings is 1. The lowest BCUT2D eigenvalue weighted by molar-refractivity contribution is -0.129. The summed E-state index contributed by atoms with van der Waals surface area (Å²) in [5.41, 5.74) is 2.65. The number of halogens is 2. The van der Waals surface area contributed by atoms with Gasteiger partial charge in [-0.05, 0) is 29.8 Å². The molecule has 2 aromatic heterocycles. The number of alkyl halides is 2. The van der Waals surface area contributed by atoms with E-state index in [1.165, 1.54) is 12.3 Å². The lowest BCUT2D eigenvalue weighted by atomic mass is 10.1. The largest absolute Gasteiger partial charge is 0.472 e. The monoisotopic (exact) mass is 468 g/mol. The van der Waals surface area contributed by atoms with Gasteiger partial charge in [0.2, 0.25) is 11.8 Å². The molecule has 1 aliphatic heterocycles. The maximum atomic E-state index is 12.6. The number of carbonyl (C=O) groups is 1. The SMILES string of the molecule is CC(=O)N1CCN(c2ccc(CNc3ccc(OCc4ccc(C(F)F)nc4)nn3)cc2)CC1. The van der Waals surface area contributed by atoms with Gasteiger partial charge in [-0.25, -0.2) is 8.78 Å². The van der Waals surface area contributed by atoms with Gasteiger partial charge in [0.05, 0.1) is 0 Å². The standard InChI is InChI=1S/C24H26F2N6O2/c1-17(33)31-10-12-32(13-11-31)20-5-2-18(3-6-20)14-28-22-8-9-23(30-29-22)34-16-19-4-7-21(24(25)26)27-15-19/h2-9,15,24H,10-14,16H2,1H3,(H,28,29). The topological polar surface area (TPSA) is 83.5 Å². The number of ether oxygens (including phenoxy) is 1. The molecule has 10 heteroatoms. The highest BCUT2D eigenvalue weighted by Crippen LogP contribution is 2.19. The Morgan fingerprint density at radius 1 is 1.00 bits per heavy atom. The van der Waals surface area contributed by atoms with Gasteiger partial charge in [0.15, 0.2) is 0 Å². The number of hydrogen-bond acceptors (Lipinski definition) is 7. The maximum absolute atomic E-state index is 12.6. The summed E-state index contributed by atoms with van der Waals surface area (Å²) in [6.07, 6.45) is -1.23. The van der Waals surface area contributed by atoms with Crippen LogP contribution >= 0.6 is 0 Å². The second-order valence-electron chi connectivity index (χ2n) is 7.95. The Bertz CT molecular complexity index is 1070. The third kappa shape index (κ3) is 6.15. The summed E-state index contributed by atoms with van der Waals surface area (Å²) >= 11 is 0. The van der Waals surface area contributed by atoms with Crippen LogP contribution < -0.4 is 15.0 Å². The molecule has 1 N–H and O–H groups in total. The second kappa shape index (κ2) is 10.9. The molecule has 8 nitrogen and oxygen atoms in total. The quantitative estimate of drug-likeness (QED) is 0.540. The first-order valence-electron chi connectivity index (χ1n) is 11.0. The van der Waals surface area contributed by atoms with Crippen LogP contribution in [0.15, 0.2) is 54.7 Å². The van der Waals surface area contributed by atoms with Crippen LogP contribution in [-0.4, -0.2) is 52.2 Å².